The van der Waals surface area contributed by atoms with Crippen LogP contribution < -0.4 is 11.1 Å². The summed E-state index contributed by atoms with van der Waals surface area (Å²) in [6.45, 7) is 0.782. The van der Waals surface area contributed by atoms with Crippen molar-refractivity contribution < 1.29 is 0 Å². The average molecular weight is 349 g/mol. The molecule has 0 saturated carbocycles. The fraction of sp³-hybridized carbons (Fsp3) is 0.143. The van der Waals surface area contributed by atoms with Crippen molar-refractivity contribution >= 4 is 49.9 Å². The normalized spacial score (nSPS) is 10.8. The van der Waals surface area contributed by atoms with Crippen LogP contribution in [0, 0.1) is 0 Å². The molecule has 0 aliphatic heterocycles. The molecule has 102 valence electrons. The minimum absolute atomic E-state index is 0.441. The van der Waals surface area contributed by atoms with Crippen molar-refractivity contribution in [3.8, 4) is 0 Å². The van der Waals surface area contributed by atoms with Crippen molar-refractivity contribution in [3.05, 3.63) is 45.1 Å². The van der Waals surface area contributed by atoms with Gasteiger partial charge < -0.3 is 11.1 Å². The minimum Gasteiger partial charge on any atom is -0.381 e. The summed E-state index contributed by atoms with van der Waals surface area (Å²) in [5.74, 6) is 1.09. The molecule has 0 radical (unpaired) electrons. The van der Waals surface area contributed by atoms with Crippen LogP contribution in [-0.2, 0) is 6.42 Å². The first-order valence-electron chi connectivity index (χ1n) is 6.23. The third-order valence-electron chi connectivity index (χ3n) is 2.89. The summed E-state index contributed by atoms with van der Waals surface area (Å²) in [5, 5.41) is 3.26. The van der Waals surface area contributed by atoms with Gasteiger partial charge in [0.1, 0.15) is 0 Å². The van der Waals surface area contributed by atoms with Gasteiger partial charge in [0.05, 0.1) is 14.8 Å². The maximum Gasteiger partial charge on any atom is 0.169 e. The zero-order valence-electron chi connectivity index (χ0n) is 10.6. The van der Waals surface area contributed by atoms with Gasteiger partial charge in [-0.2, -0.15) is 0 Å². The summed E-state index contributed by atoms with van der Waals surface area (Å²) in [4.78, 5) is 10.2. The molecule has 0 saturated heterocycles. The van der Waals surface area contributed by atoms with Crippen LogP contribution in [0.3, 0.4) is 0 Å². The monoisotopic (exact) mass is 348 g/mol. The first kappa shape index (κ1) is 13.3. The van der Waals surface area contributed by atoms with E-state index in [1.165, 1.54) is 4.88 Å². The van der Waals surface area contributed by atoms with E-state index in [0.717, 1.165) is 27.8 Å². The van der Waals surface area contributed by atoms with Gasteiger partial charge in [0.25, 0.3) is 0 Å². The number of fused-ring (bicyclic) bond motifs is 1. The number of nitrogens with zero attached hydrogens (tertiary/aromatic N) is 2. The number of rotatable bonds is 4. The third-order valence-corrected chi connectivity index (χ3v) is 4.57. The molecule has 2 heterocycles. The average Bonchev–Trinajstić information content (AvgIpc) is 2.85. The lowest BCUT2D eigenvalue weighted by molar-refractivity contribution is 1.03. The van der Waals surface area contributed by atoms with Gasteiger partial charge in [0.2, 0.25) is 0 Å². The molecule has 0 bridgehead atoms. The topological polar surface area (TPSA) is 63.8 Å². The zero-order chi connectivity index (χ0) is 13.9. The van der Waals surface area contributed by atoms with Crippen LogP contribution in [0.5, 0.6) is 0 Å². The molecule has 3 aromatic rings. The second kappa shape index (κ2) is 5.76. The molecule has 0 aliphatic carbocycles. The largest absolute Gasteiger partial charge is 0.381 e. The van der Waals surface area contributed by atoms with Crippen molar-refractivity contribution in [1.82, 2.24) is 9.97 Å². The fourth-order valence-corrected chi connectivity index (χ4v) is 3.42. The number of nitrogen functional groups attached to an aromatic ring is 1. The lowest BCUT2D eigenvalue weighted by atomic mass is 10.3. The van der Waals surface area contributed by atoms with Gasteiger partial charge in [0.15, 0.2) is 11.6 Å². The predicted octanol–water partition coefficient (Wildman–Crippen LogP) is 3.69. The maximum atomic E-state index is 5.93. The SMILES string of the molecule is Nc1nc2ccccc2nc1NCCc1ccc(Br)s1. The van der Waals surface area contributed by atoms with Crippen molar-refractivity contribution in [2.75, 3.05) is 17.6 Å². The van der Waals surface area contributed by atoms with Crippen LogP contribution in [0.4, 0.5) is 11.6 Å². The Morgan fingerprint density at radius 3 is 2.55 bits per heavy atom. The third kappa shape index (κ3) is 2.91. The lowest BCUT2D eigenvalue weighted by Crippen LogP contribution is -2.09. The van der Waals surface area contributed by atoms with Crippen molar-refractivity contribution in [2.24, 2.45) is 0 Å². The van der Waals surface area contributed by atoms with E-state index in [0.29, 0.717) is 11.6 Å². The maximum absolute atomic E-state index is 5.93. The Balaban J connectivity index is 1.72. The van der Waals surface area contributed by atoms with Gasteiger partial charge in [-0.15, -0.1) is 11.3 Å². The highest BCUT2D eigenvalue weighted by Crippen LogP contribution is 2.23. The Bertz CT molecular complexity index is 741. The predicted molar refractivity (Wildman–Crippen MR) is 88.2 cm³/mol. The molecule has 0 amide bonds. The zero-order valence-corrected chi connectivity index (χ0v) is 13.0. The van der Waals surface area contributed by atoms with E-state index < -0.39 is 0 Å². The molecule has 0 atom stereocenters. The molecule has 0 spiro atoms. The second-order valence-corrected chi connectivity index (χ2v) is 6.88. The Morgan fingerprint density at radius 1 is 1.10 bits per heavy atom. The van der Waals surface area contributed by atoms with Gasteiger partial charge in [-0.3, -0.25) is 0 Å². The van der Waals surface area contributed by atoms with Crippen LogP contribution in [0.1, 0.15) is 4.88 Å². The number of hydrogen-bond acceptors (Lipinski definition) is 5. The van der Waals surface area contributed by atoms with Crippen molar-refractivity contribution in [1.29, 1.82) is 0 Å². The van der Waals surface area contributed by atoms with Gasteiger partial charge in [0, 0.05) is 11.4 Å². The summed E-state index contributed by atoms with van der Waals surface area (Å²) in [5.41, 5.74) is 7.60. The van der Waals surface area contributed by atoms with Gasteiger partial charge >= 0.3 is 0 Å². The van der Waals surface area contributed by atoms with Crippen LogP contribution in [0.25, 0.3) is 11.0 Å². The van der Waals surface area contributed by atoms with Crippen molar-refractivity contribution in [2.45, 2.75) is 6.42 Å². The summed E-state index contributed by atoms with van der Waals surface area (Å²) < 4.78 is 1.15. The van der Waals surface area contributed by atoms with Gasteiger partial charge in [-0.1, -0.05) is 12.1 Å². The molecule has 2 aromatic heterocycles. The summed E-state index contributed by atoms with van der Waals surface area (Å²) in [6, 6.07) is 11.9. The molecular weight excluding hydrogens is 336 g/mol. The van der Waals surface area contributed by atoms with E-state index in [4.69, 9.17) is 5.73 Å². The summed E-state index contributed by atoms with van der Waals surface area (Å²) in [6.07, 6.45) is 0.935. The molecule has 6 heteroatoms. The molecular formula is C14H13BrN4S. The number of benzene rings is 1. The molecule has 20 heavy (non-hydrogen) atoms. The standard InChI is InChI=1S/C14H13BrN4S/c15-12-6-5-9(20-12)7-8-17-14-13(16)18-10-3-1-2-4-11(10)19-14/h1-6H,7-8H2,(H2,16,18)(H,17,19). The quantitative estimate of drug-likeness (QED) is 0.754. The number of halogens is 1. The van der Waals surface area contributed by atoms with E-state index in [1.807, 2.05) is 24.3 Å². The van der Waals surface area contributed by atoms with Crippen molar-refractivity contribution in [3.63, 3.8) is 0 Å². The molecule has 3 N–H and O–H groups in total. The Morgan fingerprint density at radius 2 is 1.85 bits per heavy atom. The highest BCUT2D eigenvalue weighted by Gasteiger charge is 2.05. The fourth-order valence-electron chi connectivity index (χ4n) is 1.93. The molecule has 0 fully saturated rings. The Kier molecular flexibility index (Phi) is 3.84. The first-order valence-corrected chi connectivity index (χ1v) is 7.83. The molecule has 3 rings (SSSR count). The number of para-hydroxylation sites is 2. The highest BCUT2D eigenvalue weighted by molar-refractivity contribution is 9.11. The van der Waals surface area contributed by atoms with Gasteiger partial charge in [-0.05, 0) is 46.6 Å². The number of hydrogen-bond donors (Lipinski definition) is 2. The Labute approximate surface area is 129 Å². The van der Waals surface area contributed by atoms with Crippen LogP contribution in [-0.4, -0.2) is 16.5 Å². The van der Waals surface area contributed by atoms with E-state index in [9.17, 15) is 0 Å². The lowest BCUT2D eigenvalue weighted by Gasteiger charge is -2.08. The van der Waals surface area contributed by atoms with E-state index in [1.54, 1.807) is 11.3 Å². The van der Waals surface area contributed by atoms with E-state index in [2.05, 4.69) is 43.3 Å². The molecule has 0 unspecified atom stereocenters. The summed E-state index contributed by atoms with van der Waals surface area (Å²) >= 11 is 5.20. The van der Waals surface area contributed by atoms with Crippen LogP contribution in [0.2, 0.25) is 0 Å². The van der Waals surface area contributed by atoms with Crippen LogP contribution in [0.15, 0.2) is 40.2 Å². The first-order chi connectivity index (χ1) is 9.72. The smallest absolute Gasteiger partial charge is 0.169 e. The highest BCUT2D eigenvalue weighted by atomic mass is 79.9. The number of nitrogens with two attached hydrogens (primary N) is 1. The number of thiophene rings is 1. The number of nitrogens with one attached hydrogen (secondary N) is 1. The van der Waals surface area contributed by atoms with Gasteiger partial charge in [-0.25, -0.2) is 9.97 Å². The second-order valence-electron chi connectivity index (χ2n) is 4.33. The number of anilines is 2. The molecule has 0 aliphatic rings. The minimum atomic E-state index is 0.441. The number of aromatic nitrogens is 2. The van der Waals surface area contributed by atoms with E-state index >= 15 is 0 Å². The molecule has 4 nitrogen and oxygen atoms in total. The van der Waals surface area contributed by atoms with Crippen LogP contribution >= 0.6 is 27.3 Å². The molecule has 1 aromatic carbocycles. The van der Waals surface area contributed by atoms with E-state index in [-0.39, 0.29) is 0 Å². The Hall–Kier alpha value is -1.66. The summed E-state index contributed by atoms with van der Waals surface area (Å²) in [7, 11) is 0.